The molecule has 1 heterocycles. The SMILES string of the molecule is COc1ccc(-c2nnc(SC)o2)c(N)c1. The van der Waals surface area contributed by atoms with Gasteiger partial charge in [-0.15, -0.1) is 10.2 Å². The van der Waals surface area contributed by atoms with Crippen molar-refractivity contribution in [1.29, 1.82) is 0 Å². The highest BCUT2D eigenvalue weighted by molar-refractivity contribution is 7.98. The third-order valence-corrected chi connectivity index (χ3v) is 2.58. The van der Waals surface area contributed by atoms with Gasteiger partial charge in [-0.05, 0) is 18.4 Å². The predicted molar refractivity (Wildman–Crippen MR) is 62.5 cm³/mol. The van der Waals surface area contributed by atoms with Gasteiger partial charge in [0.25, 0.3) is 11.1 Å². The lowest BCUT2D eigenvalue weighted by atomic mass is 10.2. The number of hydrogen-bond donors (Lipinski definition) is 1. The van der Waals surface area contributed by atoms with E-state index in [0.29, 0.717) is 28.1 Å². The van der Waals surface area contributed by atoms with Crippen molar-refractivity contribution < 1.29 is 9.15 Å². The van der Waals surface area contributed by atoms with Crippen molar-refractivity contribution in [3.8, 4) is 17.2 Å². The number of thioether (sulfide) groups is 1. The first-order valence-corrected chi connectivity index (χ1v) is 5.78. The molecular weight excluding hydrogens is 226 g/mol. The minimum Gasteiger partial charge on any atom is -0.497 e. The Morgan fingerprint density at radius 1 is 1.38 bits per heavy atom. The van der Waals surface area contributed by atoms with Crippen molar-refractivity contribution in [2.45, 2.75) is 5.22 Å². The first-order valence-electron chi connectivity index (χ1n) is 4.56. The molecule has 0 saturated heterocycles. The summed E-state index contributed by atoms with van der Waals surface area (Å²) in [4.78, 5) is 0. The number of nitrogens with zero attached hydrogens (tertiary/aromatic N) is 2. The molecule has 0 unspecified atom stereocenters. The van der Waals surface area contributed by atoms with Gasteiger partial charge >= 0.3 is 0 Å². The molecule has 0 fully saturated rings. The fourth-order valence-corrected chi connectivity index (χ4v) is 1.55. The van der Waals surface area contributed by atoms with Crippen LogP contribution in [-0.4, -0.2) is 23.6 Å². The van der Waals surface area contributed by atoms with E-state index in [1.165, 1.54) is 11.8 Å². The molecule has 2 N–H and O–H groups in total. The molecule has 1 aromatic heterocycles. The Bertz CT molecular complexity index is 499. The highest BCUT2D eigenvalue weighted by Gasteiger charge is 2.11. The summed E-state index contributed by atoms with van der Waals surface area (Å²) in [5, 5.41) is 8.29. The van der Waals surface area contributed by atoms with Crippen molar-refractivity contribution in [2.75, 3.05) is 19.1 Å². The summed E-state index contributed by atoms with van der Waals surface area (Å²) in [6.45, 7) is 0. The summed E-state index contributed by atoms with van der Waals surface area (Å²) in [5.74, 6) is 1.12. The Morgan fingerprint density at radius 3 is 2.75 bits per heavy atom. The van der Waals surface area contributed by atoms with Crippen LogP contribution in [0, 0.1) is 0 Å². The van der Waals surface area contributed by atoms with Crippen molar-refractivity contribution in [3.05, 3.63) is 18.2 Å². The van der Waals surface area contributed by atoms with Crippen LogP contribution < -0.4 is 10.5 Å². The summed E-state index contributed by atoms with van der Waals surface area (Å²) in [5.41, 5.74) is 7.13. The topological polar surface area (TPSA) is 74.2 Å². The molecule has 0 aliphatic rings. The lowest BCUT2D eigenvalue weighted by Gasteiger charge is -2.03. The van der Waals surface area contributed by atoms with Crippen LogP contribution in [-0.2, 0) is 0 Å². The van der Waals surface area contributed by atoms with Gasteiger partial charge in [-0.3, -0.25) is 0 Å². The van der Waals surface area contributed by atoms with Gasteiger partial charge in [-0.1, -0.05) is 11.8 Å². The lowest BCUT2D eigenvalue weighted by Crippen LogP contribution is -1.92. The van der Waals surface area contributed by atoms with E-state index in [1.54, 1.807) is 25.3 Å². The van der Waals surface area contributed by atoms with Gasteiger partial charge in [0.15, 0.2) is 0 Å². The first-order chi connectivity index (χ1) is 7.74. The summed E-state index contributed by atoms with van der Waals surface area (Å²) in [7, 11) is 1.59. The molecule has 84 valence electrons. The number of hydrogen-bond acceptors (Lipinski definition) is 6. The monoisotopic (exact) mass is 237 g/mol. The summed E-state index contributed by atoms with van der Waals surface area (Å²) >= 11 is 1.39. The second kappa shape index (κ2) is 4.44. The second-order valence-electron chi connectivity index (χ2n) is 3.03. The van der Waals surface area contributed by atoms with Gasteiger partial charge in [0.2, 0.25) is 0 Å². The standard InChI is InChI=1S/C10H11N3O2S/c1-14-6-3-4-7(8(11)5-6)9-12-13-10(15-9)16-2/h3-5H,11H2,1-2H3. The van der Waals surface area contributed by atoms with Crippen LogP contribution in [0.15, 0.2) is 27.8 Å². The van der Waals surface area contributed by atoms with E-state index in [9.17, 15) is 0 Å². The van der Waals surface area contributed by atoms with E-state index in [-0.39, 0.29) is 0 Å². The zero-order valence-corrected chi connectivity index (χ0v) is 9.75. The number of benzene rings is 1. The van der Waals surface area contributed by atoms with Crippen LogP contribution in [0.4, 0.5) is 5.69 Å². The first kappa shape index (κ1) is 10.8. The number of nitrogens with two attached hydrogens (primary N) is 1. The minimum atomic E-state index is 0.421. The van der Waals surface area contributed by atoms with Gasteiger partial charge in [-0.2, -0.15) is 0 Å². The van der Waals surface area contributed by atoms with Gasteiger partial charge in [0, 0.05) is 11.8 Å². The van der Waals surface area contributed by atoms with Gasteiger partial charge < -0.3 is 14.9 Å². The number of methoxy groups -OCH3 is 1. The Labute approximate surface area is 97.0 Å². The average Bonchev–Trinajstić information content (AvgIpc) is 2.77. The average molecular weight is 237 g/mol. The van der Waals surface area contributed by atoms with E-state index in [4.69, 9.17) is 14.9 Å². The summed E-state index contributed by atoms with van der Waals surface area (Å²) in [6, 6.07) is 5.32. The van der Waals surface area contributed by atoms with E-state index in [1.807, 2.05) is 6.26 Å². The predicted octanol–water partition coefficient (Wildman–Crippen LogP) is 2.05. The fourth-order valence-electron chi connectivity index (χ4n) is 1.26. The molecule has 1 aromatic carbocycles. The third kappa shape index (κ3) is 1.96. The smallest absolute Gasteiger partial charge is 0.276 e. The molecule has 2 aromatic rings. The van der Waals surface area contributed by atoms with E-state index < -0.39 is 0 Å². The zero-order chi connectivity index (χ0) is 11.5. The maximum Gasteiger partial charge on any atom is 0.276 e. The van der Waals surface area contributed by atoms with Crippen LogP contribution in [0.1, 0.15) is 0 Å². The van der Waals surface area contributed by atoms with Crippen LogP contribution >= 0.6 is 11.8 Å². The molecule has 0 aliphatic carbocycles. The molecule has 16 heavy (non-hydrogen) atoms. The normalized spacial score (nSPS) is 10.4. The molecular formula is C10H11N3O2S. The molecule has 6 heteroatoms. The Hall–Kier alpha value is -1.69. The molecule has 0 aliphatic heterocycles. The molecule has 2 rings (SSSR count). The number of ether oxygens (including phenoxy) is 1. The molecule has 0 spiro atoms. The second-order valence-corrected chi connectivity index (χ2v) is 3.79. The maximum absolute atomic E-state index is 5.87. The molecule has 5 nitrogen and oxygen atoms in total. The van der Waals surface area contributed by atoms with Gasteiger partial charge in [-0.25, -0.2) is 0 Å². The van der Waals surface area contributed by atoms with Crippen LogP contribution in [0.3, 0.4) is 0 Å². The summed E-state index contributed by atoms with van der Waals surface area (Å²) < 4.78 is 10.5. The molecule has 0 atom stereocenters. The van der Waals surface area contributed by atoms with E-state index >= 15 is 0 Å². The summed E-state index contributed by atoms with van der Waals surface area (Å²) in [6.07, 6.45) is 1.87. The quantitative estimate of drug-likeness (QED) is 0.650. The highest BCUT2D eigenvalue weighted by atomic mass is 32.2. The third-order valence-electron chi connectivity index (χ3n) is 2.07. The largest absolute Gasteiger partial charge is 0.497 e. The lowest BCUT2D eigenvalue weighted by molar-refractivity contribution is 0.415. The molecule has 0 saturated carbocycles. The van der Waals surface area contributed by atoms with Gasteiger partial charge in [0.05, 0.1) is 12.7 Å². The number of rotatable bonds is 3. The number of aromatic nitrogens is 2. The highest BCUT2D eigenvalue weighted by Crippen LogP contribution is 2.29. The molecule has 0 radical (unpaired) electrons. The maximum atomic E-state index is 5.87. The number of anilines is 1. The van der Waals surface area contributed by atoms with Crippen LogP contribution in [0.25, 0.3) is 11.5 Å². The Kier molecular flexibility index (Phi) is 3.00. The van der Waals surface area contributed by atoms with E-state index in [0.717, 1.165) is 0 Å². The number of nitrogen functional groups attached to an aromatic ring is 1. The van der Waals surface area contributed by atoms with Crippen LogP contribution in [0.5, 0.6) is 5.75 Å². The van der Waals surface area contributed by atoms with Gasteiger partial charge in [0.1, 0.15) is 5.75 Å². The van der Waals surface area contributed by atoms with Crippen molar-refractivity contribution in [3.63, 3.8) is 0 Å². The fraction of sp³-hybridized carbons (Fsp3) is 0.200. The van der Waals surface area contributed by atoms with Crippen molar-refractivity contribution in [2.24, 2.45) is 0 Å². The molecule has 0 amide bonds. The molecule has 0 bridgehead atoms. The Morgan fingerprint density at radius 2 is 2.19 bits per heavy atom. The van der Waals surface area contributed by atoms with Crippen LogP contribution in [0.2, 0.25) is 0 Å². The van der Waals surface area contributed by atoms with E-state index in [2.05, 4.69) is 10.2 Å². The van der Waals surface area contributed by atoms with Crippen molar-refractivity contribution in [1.82, 2.24) is 10.2 Å². The zero-order valence-electron chi connectivity index (χ0n) is 8.93. The van der Waals surface area contributed by atoms with Crippen molar-refractivity contribution >= 4 is 17.4 Å². The minimum absolute atomic E-state index is 0.421. The Balaban J connectivity index is 2.40.